The zero-order chi connectivity index (χ0) is 31.3. The van der Waals surface area contributed by atoms with Crippen molar-refractivity contribution in [2.75, 3.05) is 0 Å². The monoisotopic (exact) mass is 625 g/mol. The van der Waals surface area contributed by atoms with Crippen LogP contribution in [0.3, 0.4) is 0 Å². The van der Waals surface area contributed by atoms with Crippen molar-refractivity contribution in [1.82, 2.24) is 19.7 Å². The first-order chi connectivity index (χ1) is 21.7. The molecule has 5 aromatic rings. The molecule has 3 aromatic heterocycles. The van der Waals surface area contributed by atoms with E-state index in [4.69, 9.17) is 15.3 Å². The summed E-state index contributed by atoms with van der Waals surface area (Å²) in [6.45, 7) is 0. The highest BCUT2D eigenvalue weighted by Crippen LogP contribution is 2.38. The molecule has 5 heterocycles. The van der Waals surface area contributed by atoms with Crippen LogP contribution in [0.25, 0.3) is 27.5 Å². The van der Waals surface area contributed by atoms with Gasteiger partial charge in [-0.2, -0.15) is 23.4 Å². The van der Waals surface area contributed by atoms with E-state index in [1.54, 1.807) is 24.3 Å². The minimum Gasteiger partial charge on any atom is -0.301 e. The number of nitriles is 1. The van der Waals surface area contributed by atoms with Gasteiger partial charge in [-0.1, -0.05) is 23.3 Å². The van der Waals surface area contributed by atoms with Crippen LogP contribution in [0.2, 0.25) is 0 Å². The molecule has 0 radical (unpaired) electrons. The van der Waals surface area contributed by atoms with E-state index in [1.807, 2.05) is 34.9 Å². The molecule has 45 heavy (non-hydrogen) atoms. The molecule has 0 bridgehead atoms. The minimum absolute atomic E-state index is 0.0120. The van der Waals surface area contributed by atoms with Crippen molar-refractivity contribution >= 4 is 34.4 Å². The number of amides is 1. The number of amidine groups is 1. The number of halogens is 4. The summed E-state index contributed by atoms with van der Waals surface area (Å²) in [4.78, 5) is 25.3. The van der Waals surface area contributed by atoms with Crippen LogP contribution >= 0.6 is 11.3 Å². The zero-order valence-corrected chi connectivity index (χ0v) is 23.5. The van der Waals surface area contributed by atoms with E-state index in [9.17, 15) is 22.4 Å². The van der Waals surface area contributed by atoms with Gasteiger partial charge in [-0.3, -0.25) is 9.20 Å². The largest absolute Gasteiger partial charge is 0.435 e. The highest BCUT2D eigenvalue weighted by Gasteiger charge is 2.40. The van der Waals surface area contributed by atoms with Gasteiger partial charge in [0.05, 0.1) is 17.3 Å². The summed E-state index contributed by atoms with van der Waals surface area (Å²) in [5.41, 5.74) is 2.41. The third kappa shape index (κ3) is 5.20. The molecule has 2 aliphatic rings. The molecule has 2 N–H and O–H groups in total. The quantitative estimate of drug-likeness (QED) is 0.269. The number of nitrogens with zero attached hydrogens (tertiary/aromatic N) is 6. The third-order valence-electron chi connectivity index (χ3n) is 6.91. The van der Waals surface area contributed by atoms with Gasteiger partial charge >= 0.3 is 6.18 Å². The molecule has 9 nitrogen and oxygen atoms in total. The van der Waals surface area contributed by atoms with Crippen LogP contribution in [-0.2, 0) is 6.18 Å². The van der Waals surface area contributed by atoms with E-state index in [2.05, 4.69) is 15.3 Å². The summed E-state index contributed by atoms with van der Waals surface area (Å²) in [5.74, 6) is -0.988. The van der Waals surface area contributed by atoms with Crippen LogP contribution in [0, 0.1) is 17.1 Å². The maximum atomic E-state index is 13.9. The highest BCUT2D eigenvalue weighted by atomic mass is 32.1. The number of hydrogen-bond donors (Lipinski definition) is 2. The van der Waals surface area contributed by atoms with Crippen LogP contribution in [0.4, 0.5) is 17.6 Å². The fourth-order valence-electron chi connectivity index (χ4n) is 4.86. The fourth-order valence-corrected chi connectivity index (χ4v) is 5.84. The number of aliphatic imine (C=N–C) groups is 1. The smallest absolute Gasteiger partial charge is 0.301 e. The summed E-state index contributed by atoms with van der Waals surface area (Å²) in [6.07, 6.45) is 1.81. The van der Waals surface area contributed by atoms with Crippen molar-refractivity contribution < 1.29 is 27.4 Å². The van der Waals surface area contributed by atoms with Crippen molar-refractivity contribution in [3.63, 3.8) is 0 Å². The number of hydrogen-bond acceptors (Lipinski definition) is 7. The number of carbonyl (C=O) groups is 1. The van der Waals surface area contributed by atoms with Crippen LogP contribution in [0.1, 0.15) is 26.6 Å². The van der Waals surface area contributed by atoms with Crippen LogP contribution in [0.5, 0.6) is 0 Å². The topological polar surface area (TPSA) is 112 Å². The number of fused-ring (bicyclic) bond motifs is 2. The number of imidazole rings is 1. The van der Waals surface area contributed by atoms with Gasteiger partial charge in [-0.05, 0) is 54.6 Å². The van der Waals surface area contributed by atoms with Gasteiger partial charge < -0.3 is 5.32 Å². The summed E-state index contributed by atoms with van der Waals surface area (Å²) < 4.78 is 57.2. The zero-order valence-electron chi connectivity index (χ0n) is 22.7. The number of quaternary nitrogens is 1. The summed E-state index contributed by atoms with van der Waals surface area (Å²) in [6, 6.07) is 19.2. The van der Waals surface area contributed by atoms with Gasteiger partial charge in [0.25, 0.3) is 11.7 Å². The molecule has 14 heteroatoms. The molecule has 2 aliphatic heterocycles. The Labute approximate surface area is 255 Å². The fraction of sp³-hybridized carbons (Fsp3) is 0.0323. The van der Waals surface area contributed by atoms with E-state index in [0.717, 1.165) is 0 Å². The number of nitrogens with one attached hydrogen (secondary N) is 2. The third-order valence-corrected chi connectivity index (χ3v) is 8.01. The molecule has 0 aliphatic carbocycles. The Bertz CT molecular complexity index is 2170. The van der Waals surface area contributed by atoms with Gasteiger partial charge in [0.2, 0.25) is 0 Å². The number of allylic oxidation sites excluding steroid dienone is 1. The Morgan fingerprint density at radius 2 is 1.73 bits per heavy atom. The van der Waals surface area contributed by atoms with Crippen LogP contribution in [-0.4, -0.2) is 31.8 Å². The number of benzene rings is 2. The molecule has 0 saturated carbocycles. The van der Waals surface area contributed by atoms with Crippen molar-refractivity contribution in [2.24, 2.45) is 10.1 Å². The first-order valence-electron chi connectivity index (χ1n) is 13.3. The van der Waals surface area contributed by atoms with E-state index in [0.29, 0.717) is 61.6 Å². The van der Waals surface area contributed by atoms with Gasteiger partial charge in [0.15, 0.2) is 17.7 Å². The number of carbonyl (C=O) groups excluding carboxylic acids is 1. The SMILES string of the molecule is N#Cc1ccc(-c2nc(C(F)(F)F)c(C(=O)NC3=C[NH+]4N=C(c5c(-c6ccc(F)cc6)nc6ccccn56)C=CC4=N3)s2)cc1. The average Bonchev–Trinajstić information content (AvgIpc) is 3.76. The molecule has 2 aromatic carbocycles. The van der Waals surface area contributed by atoms with E-state index < -0.39 is 22.7 Å². The van der Waals surface area contributed by atoms with Crippen LogP contribution < -0.4 is 10.3 Å². The predicted octanol–water partition coefficient (Wildman–Crippen LogP) is 4.95. The summed E-state index contributed by atoms with van der Waals surface area (Å²) in [7, 11) is 0. The average molecular weight is 626 g/mol. The van der Waals surface area contributed by atoms with Gasteiger partial charge in [-0.15, -0.1) is 16.3 Å². The maximum absolute atomic E-state index is 13.9. The number of aromatic nitrogens is 3. The molecule has 0 saturated heterocycles. The molecule has 1 amide bonds. The standard InChI is InChI=1S/C31H16F4N8OS/c32-20-10-8-18(9-11-20)25-26(42-14-2-1-3-23(42)39-25)21-12-13-24-37-22(16-43(24)41-21)38-29(44)27-28(31(33,34)35)40-30(45-27)19-6-4-17(15-36)5-7-19/h1-14,16H,(H,38,44)/p+1. The lowest BCUT2D eigenvalue weighted by atomic mass is 10.1. The highest BCUT2D eigenvalue weighted by molar-refractivity contribution is 7.17. The second-order valence-corrected chi connectivity index (χ2v) is 10.8. The molecule has 1 atom stereocenters. The van der Waals surface area contributed by atoms with Gasteiger partial charge in [0, 0.05) is 23.4 Å². The summed E-state index contributed by atoms with van der Waals surface area (Å²) >= 11 is 0.587. The number of thiazole rings is 1. The van der Waals surface area contributed by atoms with Crippen LogP contribution in [0.15, 0.2) is 107 Å². The van der Waals surface area contributed by atoms with E-state index >= 15 is 0 Å². The maximum Gasteiger partial charge on any atom is 0.435 e. The van der Waals surface area contributed by atoms with Crippen molar-refractivity contribution in [3.05, 3.63) is 125 Å². The van der Waals surface area contributed by atoms with Crippen molar-refractivity contribution in [3.8, 4) is 27.9 Å². The lowest BCUT2D eigenvalue weighted by Gasteiger charge is -2.11. The lowest BCUT2D eigenvalue weighted by molar-refractivity contribution is -0.750. The van der Waals surface area contributed by atoms with E-state index in [1.165, 1.54) is 42.6 Å². The van der Waals surface area contributed by atoms with Crippen molar-refractivity contribution in [1.29, 1.82) is 5.26 Å². The van der Waals surface area contributed by atoms with Gasteiger partial charge in [0.1, 0.15) is 32.8 Å². The second-order valence-electron chi connectivity index (χ2n) is 9.82. The molecule has 220 valence electrons. The molecule has 1 unspecified atom stereocenters. The Morgan fingerprint density at radius 3 is 2.47 bits per heavy atom. The Kier molecular flexibility index (Phi) is 6.69. The predicted molar refractivity (Wildman–Crippen MR) is 157 cm³/mol. The molecule has 0 fully saturated rings. The molecule has 0 spiro atoms. The van der Waals surface area contributed by atoms with Gasteiger partial charge in [-0.25, -0.2) is 14.4 Å². The number of rotatable bonds is 5. The number of pyridine rings is 1. The first-order valence-corrected chi connectivity index (χ1v) is 14.1. The molecule has 7 rings (SSSR count). The normalized spacial score (nSPS) is 15.7. The second kappa shape index (κ2) is 10.7. The van der Waals surface area contributed by atoms with Crippen molar-refractivity contribution in [2.45, 2.75) is 6.18 Å². The van der Waals surface area contributed by atoms with E-state index in [-0.39, 0.29) is 16.6 Å². The Hall–Kier alpha value is -5.78. The number of alkyl halides is 3. The first kappa shape index (κ1) is 28.0. The molecular weight excluding hydrogens is 608 g/mol. The minimum atomic E-state index is -4.88. The Balaban J connectivity index is 1.19. The Morgan fingerprint density at radius 1 is 0.978 bits per heavy atom. The summed E-state index contributed by atoms with van der Waals surface area (Å²) in [5, 5.41) is 16.5. The lowest BCUT2D eigenvalue weighted by Crippen LogP contribution is -3.05. The molecular formula is C31H17F4N8OS+.